The second-order valence-corrected chi connectivity index (χ2v) is 5.05. The standard InChI is InChI=1S/C12H15BrN2O3/c1-7(5-14)15(2)12(16)8-3-9(13)11-10(4-8)17-6-18-11/h3-4,7H,5-6,14H2,1-2H3. The summed E-state index contributed by atoms with van der Waals surface area (Å²) in [5.41, 5.74) is 6.11. The average Bonchev–Trinajstić information content (AvgIpc) is 2.84. The molecule has 5 nitrogen and oxygen atoms in total. The molecule has 0 aliphatic carbocycles. The second kappa shape index (κ2) is 5.16. The average molecular weight is 315 g/mol. The maximum absolute atomic E-state index is 12.3. The van der Waals surface area contributed by atoms with E-state index in [-0.39, 0.29) is 18.7 Å². The molecule has 0 saturated heterocycles. The zero-order valence-electron chi connectivity index (χ0n) is 10.3. The van der Waals surface area contributed by atoms with Crippen LogP contribution in [-0.2, 0) is 0 Å². The van der Waals surface area contributed by atoms with Crippen LogP contribution < -0.4 is 15.2 Å². The van der Waals surface area contributed by atoms with Crippen molar-refractivity contribution >= 4 is 21.8 Å². The molecule has 0 saturated carbocycles. The highest BCUT2D eigenvalue weighted by Crippen LogP contribution is 2.40. The fourth-order valence-corrected chi connectivity index (χ4v) is 2.21. The summed E-state index contributed by atoms with van der Waals surface area (Å²) >= 11 is 3.37. The Balaban J connectivity index is 2.29. The third-order valence-corrected chi connectivity index (χ3v) is 3.59. The number of nitrogens with two attached hydrogens (primary N) is 1. The van der Waals surface area contributed by atoms with E-state index in [9.17, 15) is 4.79 Å². The monoisotopic (exact) mass is 314 g/mol. The molecule has 1 aliphatic rings. The van der Waals surface area contributed by atoms with E-state index in [2.05, 4.69) is 15.9 Å². The van der Waals surface area contributed by atoms with Crippen LogP contribution in [0, 0.1) is 0 Å². The lowest BCUT2D eigenvalue weighted by atomic mass is 10.1. The van der Waals surface area contributed by atoms with Gasteiger partial charge in [-0.2, -0.15) is 0 Å². The summed E-state index contributed by atoms with van der Waals surface area (Å²) in [5, 5.41) is 0. The topological polar surface area (TPSA) is 64.8 Å². The van der Waals surface area contributed by atoms with Crippen molar-refractivity contribution in [3.05, 3.63) is 22.2 Å². The number of rotatable bonds is 3. The summed E-state index contributed by atoms with van der Waals surface area (Å²) in [4.78, 5) is 13.9. The number of carbonyl (C=O) groups excluding carboxylic acids is 1. The summed E-state index contributed by atoms with van der Waals surface area (Å²) in [6.45, 7) is 2.51. The molecule has 2 N–H and O–H groups in total. The van der Waals surface area contributed by atoms with Crippen LogP contribution in [0.1, 0.15) is 17.3 Å². The number of carbonyl (C=O) groups is 1. The first kappa shape index (κ1) is 13.2. The molecule has 2 rings (SSSR count). The molecule has 1 atom stereocenters. The highest BCUT2D eigenvalue weighted by atomic mass is 79.9. The third kappa shape index (κ3) is 2.30. The van der Waals surface area contributed by atoms with Gasteiger partial charge in [0.15, 0.2) is 11.5 Å². The molecule has 1 unspecified atom stereocenters. The molecule has 1 amide bonds. The van der Waals surface area contributed by atoms with Crippen molar-refractivity contribution in [2.75, 3.05) is 20.4 Å². The molecule has 0 fully saturated rings. The molecule has 18 heavy (non-hydrogen) atoms. The third-order valence-electron chi connectivity index (χ3n) is 3.00. The molecule has 6 heteroatoms. The van der Waals surface area contributed by atoms with Crippen LogP contribution in [-0.4, -0.2) is 37.2 Å². The molecule has 1 aromatic carbocycles. The van der Waals surface area contributed by atoms with Gasteiger partial charge in [-0.05, 0) is 35.0 Å². The van der Waals surface area contributed by atoms with Crippen LogP contribution in [0.5, 0.6) is 11.5 Å². The van der Waals surface area contributed by atoms with Crippen molar-refractivity contribution in [1.82, 2.24) is 4.90 Å². The van der Waals surface area contributed by atoms with Gasteiger partial charge in [-0.3, -0.25) is 4.79 Å². The van der Waals surface area contributed by atoms with Crippen molar-refractivity contribution in [2.24, 2.45) is 5.73 Å². The lowest BCUT2D eigenvalue weighted by Gasteiger charge is -2.23. The molecule has 0 bridgehead atoms. The molecule has 98 valence electrons. The zero-order chi connectivity index (χ0) is 13.3. The van der Waals surface area contributed by atoms with Crippen LogP contribution in [0.15, 0.2) is 16.6 Å². The van der Waals surface area contributed by atoms with Crippen LogP contribution in [0.4, 0.5) is 0 Å². The number of fused-ring (bicyclic) bond motifs is 1. The Morgan fingerprint density at radius 2 is 2.28 bits per heavy atom. The van der Waals surface area contributed by atoms with Crippen molar-refractivity contribution in [3.8, 4) is 11.5 Å². The van der Waals surface area contributed by atoms with Gasteiger partial charge in [-0.1, -0.05) is 0 Å². The summed E-state index contributed by atoms with van der Waals surface area (Å²) in [6, 6.07) is 3.41. The van der Waals surface area contributed by atoms with Gasteiger partial charge >= 0.3 is 0 Å². The Morgan fingerprint density at radius 3 is 2.94 bits per heavy atom. The van der Waals surface area contributed by atoms with E-state index in [1.54, 1.807) is 24.1 Å². The van der Waals surface area contributed by atoms with E-state index in [0.717, 1.165) is 4.47 Å². The maximum Gasteiger partial charge on any atom is 0.254 e. The summed E-state index contributed by atoms with van der Waals surface area (Å²) in [6.07, 6.45) is 0. The molecule has 0 radical (unpaired) electrons. The fourth-order valence-electron chi connectivity index (χ4n) is 1.65. The van der Waals surface area contributed by atoms with Gasteiger partial charge in [0, 0.05) is 25.2 Å². The summed E-state index contributed by atoms with van der Waals surface area (Å²) < 4.78 is 11.3. The number of likely N-dealkylation sites (N-methyl/N-ethyl adjacent to an activating group) is 1. The van der Waals surface area contributed by atoms with Crippen LogP contribution in [0.3, 0.4) is 0 Å². The van der Waals surface area contributed by atoms with Gasteiger partial charge in [0.1, 0.15) is 0 Å². The van der Waals surface area contributed by atoms with Gasteiger partial charge in [0.25, 0.3) is 5.91 Å². The first-order chi connectivity index (χ1) is 8.54. The minimum absolute atomic E-state index is 0.0123. The number of nitrogens with zero attached hydrogens (tertiary/aromatic N) is 1. The number of amides is 1. The first-order valence-electron chi connectivity index (χ1n) is 5.61. The molecule has 1 aromatic rings. The zero-order valence-corrected chi connectivity index (χ0v) is 11.9. The first-order valence-corrected chi connectivity index (χ1v) is 6.40. The Kier molecular flexibility index (Phi) is 3.77. The molecule has 0 aromatic heterocycles. The molecule has 1 aliphatic heterocycles. The highest BCUT2D eigenvalue weighted by Gasteiger charge is 2.23. The fraction of sp³-hybridized carbons (Fsp3) is 0.417. The summed E-state index contributed by atoms with van der Waals surface area (Å²) in [7, 11) is 1.73. The molecule has 0 spiro atoms. The molecular weight excluding hydrogens is 300 g/mol. The Bertz CT molecular complexity index is 479. The van der Waals surface area contributed by atoms with E-state index in [1.807, 2.05) is 6.92 Å². The van der Waals surface area contributed by atoms with E-state index >= 15 is 0 Å². The maximum atomic E-state index is 12.3. The Hall–Kier alpha value is -1.27. The van der Waals surface area contributed by atoms with Gasteiger partial charge in [0.2, 0.25) is 6.79 Å². The van der Waals surface area contributed by atoms with E-state index < -0.39 is 0 Å². The predicted molar refractivity (Wildman–Crippen MR) is 70.9 cm³/mol. The van der Waals surface area contributed by atoms with Crippen LogP contribution in [0.25, 0.3) is 0 Å². The van der Waals surface area contributed by atoms with Crippen molar-refractivity contribution in [3.63, 3.8) is 0 Å². The van der Waals surface area contributed by atoms with E-state index in [1.165, 1.54) is 0 Å². The minimum Gasteiger partial charge on any atom is -0.454 e. The van der Waals surface area contributed by atoms with E-state index in [4.69, 9.17) is 15.2 Å². The smallest absolute Gasteiger partial charge is 0.254 e. The van der Waals surface area contributed by atoms with Crippen molar-refractivity contribution < 1.29 is 14.3 Å². The minimum atomic E-state index is -0.0908. The van der Waals surface area contributed by atoms with Crippen molar-refractivity contribution in [2.45, 2.75) is 13.0 Å². The Labute approximate surface area is 114 Å². The number of halogens is 1. The van der Waals surface area contributed by atoms with Crippen LogP contribution >= 0.6 is 15.9 Å². The number of ether oxygens (including phenoxy) is 2. The second-order valence-electron chi connectivity index (χ2n) is 4.19. The largest absolute Gasteiger partial charge is 0.454 e. The van der Waals surface area contributed by atoms with Gasteiger partial charge < -0.3 is 20.1 Å². The number of hydrogen-bond acceptors (Lipinski definition) is 4. The van der Waals surface area contributed by atoms with Crippen LogP contribution in [0.2, 0.25) is 0 Å². The quantitative estimate of drug-likeness (QED) is 0.920. The van der Waals surface area contributed by atoms with Gasteiger partial charge in [0.05, 0.1) is 4.47 Å². The number of benzene rings is 1. The normalized spacial score (nSPS) is 14.4. The predicted octanol–water partition coefficient (Wildman–Crippen LogP) is 1.60. The van der Waals surface area contributed by atoms with Crippen molar-refractivity contribution in [1.29, 1.82) is 0 Å². The van der Waals surface area contributed by atoms with E-state index in [0.29, 0.717) is 23.6 Å². The summed E-state index contributed by atoms with van der Waals surface area (Å²) in [5.74, 6) is 1.13. The Morgan fingerprint density at radius 1 is 1.56 bits per heavy atom. The molecule has 1 heterocycles. The SMILES string of the molecule is CC(CN)N(C)C(=O)c1cc(Br)c2c(c1)OCO2. The lowest BCUT2D eigenvalue weighted by Crippen LogP contribution is -2.39. The molecular formula is C12H15BrN2O3. The highest BCUT2D eigenvalue weighted by molar-refractivity contribution is 9.10. The van der Waals surface area contributed by atoms with Gasteiger partial charge in [-0.25, -0.2) is 0 Å². The number of hydrogen-bond donors (Lipinski definition) is 1. The van der Waals surface area contributed by atoms with Gasteiger partial charge in [-0.15, -0.1) is 0 Å². The lowest BCUT2D eigenvalue weighted by molar-refractivity contribution is 0.0748.